The van der Waals surface area contributed by atoms with Crippen molar-refractivity contribution in [2.45, 2.75) is 19.9 Å². The lowest BCUT2D eigenvalue weighted by molar-refractivity contribution is -0.384. The molecule has 1 atom stereocenters. The molecule has 31 heavy (non-hydrogen) atoms. The van der Waals surface area contributed by atoms with E-state index in [1.54, 1.807) is 44.2 Å². The zero-order valence-electron chi connectivity index (χ0n) is 17.1. The topological polar surface area (TPSA) is 130 Å². The van der Waals surface area contributed by atoms with Gasteiger partial charge in [0, 0.05) is 30.8 Å². The summed E-state index contributed by atoms with van der Waals surface area (Å²) in [6.45, 7) is 3.92. The fourth-order valence-electron chi connectivity index (χ4n) is 2.72. The molecule has 0 spiro atoms. The number of non-ortho nitro benzene ring substituents is 1. The van der Waals surface area contributed by atoms with Crippen LogP contribution in [0, 0.1) is 16.0 Å². The third-order valence-electron chi connectivity index (χ3n) is 4.39. The maximum atomic E-state index is 12.5. The maximum Gasteiger partial charge on any atom is 0.270 e. The first-order valence-corrected chi connectivity index (χ1v) is 9.94. The normalized spacial score (nSPS) is 11.5. The Balaban J connectivity index is 1.91. The van der Waals surface area contributed by atoms with E-state index in [4.69, 9.17) is 11.6 Å². The fourth-order valence-corrected chi connectivity index (χ4v) is 2.98. The number of nitro groups is 1. The summed E-state index contributed by atoms with van der Waals surface area (Å²) < 4.78 is 0. The predicted octanol–water partition coefficient (Wildman–Crippen LogP) is 2.55. The Labute approximate surface area is 184 Å². The van der Waals surface area contributed by atoms with E-state index in [9.17, 15) is 24.5 Å². The van der Waals surface area contributed by atoms with Crippen LogP contribution in [0.25, 0.3) is 0 Å². The number of hydrogen-bond donors (Lipinski definition) is 3. The average Bonchev–Trinajstić information content (AvgIpc) is 2.74. The van der Waals surface area contributed by atoms with Crippen LogP contribution in [0.1, 0.15) is 34.6 Å². The van der Waals surface area contributed by atoms with Crippen molar-refractivity contribution < 1.29 is 19.3 Å². The average molecular weight is 447 g/mol. The summed E-state index contributed by atoms with van der Waals surface area (Å²) >= 11 is 5.99. The molecule has 0 fully saturated rings. The van der Waals surface area contributed by atoms with Crippen molar-refractivity contribution in [1.29, 1.82) is 0 Å². The first-order chi connectivity index (χ1) is 14.7. The van der Waals surface area contributed by atoms with Gasteiger partial charge in [0.05, 0.1) is 15.5 Å². The van der Waals surface area contributed by atoms with Crippen LogP contribution in [0.3, 0.4) is 0 Å². The van der Waals surface area contributed by atoms with E-state index in [1.165, 1.54) is 12.1 Å². The second-order valence-corrected chi connectivity index (χ2v) is 7.44. The van der Waals surface area contributed by atoms with Gasteiger partial charge in [-0.1, -0.05) is 43.6 Å². The number of hydrogen-bond acceptors (Lipinski definition) is 5. The molecule has 0 saturated carbocycles. The Kier molecular flexibility index (Phi) is 8.51. The molecule has 0 bridgehead atoms. The second-order valence-electron chi connectivity index (χ2n) is 7.03. The smallest absolute Gasteiger partial charge is 0.270 e. The van der Waals surface area contributed by atoms with Crippen molar-refractivity contribution in [1.82, 2.24) is 16.0 Å². The van der Waals surface area contributed by atoms with E-state index in [0.29, 0.717) is 5.56 Å². The van der Waals surface area contributed by atoms with Crippen LogP contribution in [0.5, 0.6) is 0 Å². The van der Waals surface area contributed by atoms with E-state index in [2.05, 4.69) is 16.0 Å². The number of nitrogens with one attached hydrogen (secondary N) is 3. The summed E-state index contributed by atoms with van der Waals surface area (Å²) in [7, 11) is 0. The highest BCUT2D eigenvalue weighted by molar-refractivity contribution is 6.34. The van der Waals surface area contributed by atoms with Crippen LogP contribution in [-0.4, -0.2) is 41.8 Å². The van der Waals surface area contributed by atoms with E-state index < -0.39 is 22.8 Å². The maximum absolute atomic E-state index is 12.5. The molecule has 0 aliphatic rings. The highest BCUT2D eigenvalue weighted by atomic mass is 35.5. The Morgan fingerprint density at radius 2 is 1.65 bits per heavy atom. The number of carbonyl (C=O) groups excluding carboxylic acids is 3. The van der Waals surface area contributed by atoms with Gasteiger partial charge in [0.2, 0.25) is 5.91 Å². The number of halogens is 1. The van der Waals surface area contributed by atoms with Gasteiger partial charge in [0.15, 0.2) is 0 Å². The van der Waals surface area contributed by atoms with Gasteiger partial charge in [-0.15, -0.1) is 0 Å². The van der Waals surface area contributed by atoms with Gasteiger partial charge in [0.1, 0.15) is 6.04 Å². The monoisotopic (exact) mass is 446 g/mol. The number of carbonyl (C=O) groups is 3. The lowest BCUT2D eigenvalue weighted by atomic mass is 10.0. The third kappa shape index (κ3) is 6.78. The van der Waals surface area contributed by atoms with Crippen molar-refractivity contribution in [2.75, 3.05) is 13.1 Å². The predicted molar refractivity (Wildman–Crippen MR) is 116 cm³/mol. The Morgan fingerprint density at radius 1 is 1.00 bits per heavy atom. The second kappa shape index (κ2) is 11.1. The Bertz CT molecular complexity index is 965. The molecule has 3 N–H and O–H groups in total. The molecule has 9 nitrogen and oxygen atoms in total. The molecule has 0 heterocycles. The van der Waals surface area contributed by atoms with Gasteiger partial charge in [-0.3, -0.25) is 24.5 Å². The van der Waals surface area contributed by atoms with E-state index >= 15 is 0 Å². The highest BCUT2D eigenvalue weighted by Gasteiger charge is 2.25. The van der Waals surface area contributed by atoms with Crippen LogP contribution >= 0.6 is 11.6 Å². The molecular weight excluding hydrogens is 424 g/mol. The van der Waals surface area contributed by atoms with Crippen LogP contribution in [0.15, 0.2) is 48.5 Å². The van der Waals surface area contributed by atoms with Crippen LogP contribution in [0.4, 0.5) is 5.69 Å². The number of benzene rings is 2. The molecule has 2 aromatic carbocycles. The van der Waals surface area contributed by atoms with Crippen molar-refractivity contribution >= 4 is 35.0 Å². The van der Waals surface area contributed by atoms with Gasteiger partial charge >= 0.3 is 0 Å². The summed E-state index contributed by atoms with van der Waals surface area (Å²) in [5.41, 5.74) is 0.305. The molecule has 1 unspecified atom stereocenters. The number of nitro benzene ring substituents is 1. The molecule has 164 valence electrons. The Hall–Kier alpha value is -3.46. The third-order valence-corrected chi connectivity index (χ3v) is 4.70. The van der Waals surface area contributed by atoms with E-state index in [-0.39, 0.29) is 41.2 Å². The largest absolute Gasteiger partial charge is 0.353 e. The lowest BCUT2D eigenvalue weighted by Crippen LogP contribution is -2.50. The van der Waals surface area contributed by atoms with Crippen molar-refractivity contribution in [2.24, 2.45) is 5.92 Å². The zero-order valence-corrected chi connectivity index (χ0v) is 17.8. The van der Waals surface area contributed by atoms with Gasteiger partial charge in [0.25, 0.3) is 17.5 Å². The molecular formula is C21H23ClN4O5. The number of rotatable bonds is 9. The van der Waals surface area contributed by atoms with Crippen LogP contribution in [0.2, 0.25) is 5.02 Å². The molecule has 2 aromatic rings. The summed E-state index contributed by atoms with van der Waals surface area (Å²) in [6, 6.07) is 11.3. The van der Waals surface area contributed by atoms with Crippen LogP contribution in [-0.2, 0) is 4.79 Å². The minimum absolute atomic E-state index is 0.0286. The van der Waals surface area contributed by atoms with Gasteiger partial charge in [-0.25, -0.2) is 0 Å². The van der Waals surface area contributed by atoms with Gasteiger partial charge < -0.3 is 16.0 Å². The molecule has 10 heteroatoms. The molecule has 3 amide bonds. The van der Waals surface area contributed by atoms with Gasteiger partial charge in [-0.05, 0) is 24.1 Å². The van der Waals surface area contributed by atoms with Crippen molar-refractivity contribution in [3.8, 4) is 0 Å². The number of amides is 3. The number of nitrogens with zero attached hydrogens (tertiary/aromatic N) is 1. The summed E-state index contributed by atoms with van der Waals surface area (Å²) in [5, 5.41) is 18.7. The summed E-state index contributed by atoms with van der Waals surface area (Å²) in [5.74, 6) is -1.53. The first-order valence-electron chi connectivity index (χ1n) is 9.56. The van der Waals surface area contributed by atoms with Crippen molar-refractivity contribution in [3.05, 3.63) is 74.8 Å². The molecule has 0 saturated heterocycles. The fraction of sp³-hybridized carbons (Fsp3) is 0.286. The quantitative estimate of drug-likeness (QED) is 0.309. The molecule has 0 aromatic heterocycles. The molecule has 0 aliphatic heterocycles. The standard InChI is InChI=1S/C21H23ClN4O5/c1-13(2)18(25-20(28)16-9-8-15(26(30)31)12-17(16)22)21(29)24-11-10-23-19(27)14-6-4-3-5-7-14/h3-9,12-13,18H,10-11H2,1-2H3,(H,23,27)(H,24,29)(H,25,28). The van der Waals surface area contributed by atoms with E-state index in [1.807, 2.05) is 0 Å². The van der Waals surface area contributed by atoms with E-state index in [0.717, 1.165) is 6.07 Å². The minimum Gasteiger partial charge on any atom is -0.353 e. The molecule has 2 rings (SSSR count). The SMILES string of the molecule is CC(C)C(NC(=O)c1ccc([N+](=O)[O-])cc1Cl)C(=O)NCCNC(=O)c1ccccc1. The highest BCUT2D eigenvalue weighted by Crippen LogP contribution is 2.22. The minimum atomic E-state index is -0.858. The van der Waals surface area contributed by atoms with Gasteiger partial charge in [-0.2, -0.15) is 0 Å². The summed E-state index contributed by atoms with van der Waals surface area (Å²) in [4.78, 5) is 47.3. The van der Waals surface area contributed by atoms with Crippen molar-refractivity contribution in [3.63, 3.8) is 0 Å². The Morgan fingerprint density at radius 3 is 2.23 bits per heavy atom. The summed E-state index contributed by atoms with van der Waals surface area (Å²) in [6.07, 6.45) is 0. The lowest BCUT2D eigenvalue weighted by Gasteiger charge is -2.22. The zero-order chi connectivity index (χ0) is 23.0. The van der Waals surface area contributed by atoms with Crippen LogP contribution < -0.4 is 16.0 Å². The molecule has 0 radical (unpaired) electrons. The molecule has 0 aliphatic carbocycles. The first kappa shape index (κ1) is 23.8.